The third-order valence-electron chi connectivity index (χ3n) is 2.46. The topological polar surface area (TPSA) is 104 Å². The Kier molecular flexibility index (Phi) is 4.85. The smallest absolute Gasteiger partial charge is 0.326 e. The summed E-state index contributed by atoms with van der Waals surface area (Å²) in [4.78, 5) is 22.8. The van der Waals surface area contributed by atoms with Crippen LogP contribution in [0.3, 0.4) is 0 Å². The Morgan fingerprint density at radius 2 is 2.22 bits per heavy atom. The first-order valence-corrected chi connectivity index (χ1v) is 5.68. The molecule has 0 aliphatic rings. The third-order valence-corrected chi connectivity index (χ3v) is 2.46. The highest BCUT2D eigenvalue weighted by molar-refractivity contribution is 5.95. The van der Waals surface area contributed by atoms with Gasteiger partial charge in [-0.2, -0.15) is 5.10 Å². The number of carbonyl (C=O) groups excluding carboxylic acids is 1. The zero-order valence-electron chi connectivity index (χ0n) is 10.4. The molecule has 7 heteroatoms. The summed E-state index contributed by atoms with van der Waals surface area (Å²) in [6, 6.07) is 0.500. The molecule has 1 amide bonds. The Balaban J connectivity index is 2.83. The van der Waals surface area contributed by atoms with Gasteiger partial charge in [0.1, 0.15) is 11.7 Å². The molecule has 1 heterocycles. The molecular weight excluding hydrogens is 238 g/mol. The summed E-state index contributed by atoms with van der Waals surface area (Å²) in [5.41, 5.74) is 1.01. The maximum Gasteiger partial charge on any atom is 0.326 e. The SMILES string of the molecule is CCn1nc(C)cc1C(=O)N[C@@H](CCO)C(=O)O. The molecule has 7 nitrogen and oxygen atoms in total. The number of carboxylic acids is 1. The van der Waals surface area contributed by atoms with Gasteiger partial charge in [0.05, 0.1) is 5.69 Å². The van der Waals surface area contributed by atoms with E-state index in [0.29, 0.717) is 17.9 Å². The van der Waals surface area contributed by atoms with Gasteiger partial charge in [0.2, 0.25) is 0 Å². The van der Waals surface area contributed by atoms with Crippen LogP contribution >= 0.6 is 0 Å². The number of carboxylic acid groups (broad SMARTS) is 1. The van der Waals surface area contributed by atoms with Gasteiger partial charge in [0, 0.05) is 19.6 Å². The van der Waals surface area contributed by atoms with Crippen LogP contribution in [0.5, 0.6) is 0 Å². The van der Waals surface area contributed by atoms with Crippen LogP contribution in [-0.2, 0) is 11.3 Å². The lowest BCUT2D eigenvalue weighted by Gasteiger charge is -2.13. The largest absolute Gasteiger partial charge is 0.480 e. The van der Waals surface area contributed by atoms with Crippen molar-refractivity contribution in [1.29, 1.82) is 0 Å². The van der Waals surface area contributed by atoms with Crippen molar-refractivity contribution in [2.75, 3.05) is 6.61 Å². The highest BCUT2D eigenvalue weighted by Gasteiger charge is 2.22. The van der Waals surface area contributed by atoms with Crippen molar-refractivity contribution in [3.63, 3.8) is 0 Å². The quantitative estimate of drug-likeness (QED) is 0.651. The summed E-state index contributed by atoms with van der Waals surface area (Å²) in [7, 11) is 0. The molecular formula is C11H17N3O4. The standard InChI is InChI=1S/C11H17N3O4/c1-3-14-9(6-7(2)13-14)10(16)12-8(4-5-15)11(17)18/h6,8,15H,3-5H2,1-2H3,(H,12,16)(H,17,18)/t8-/m0/s1. The molecule has 0 unspecified atom stereocenters. The first kappa shape index (κ1) is 14.2. The molecule has 18 heavy (non-hydrogen) atoms. The van der Waals surface area contributed by atoms with Crippen molar-refractivity contribution < 1.29 is 19.8 Å². The molecule has 1 rings (SSSR count). The van der Waals surface area contributed by atoms with Gasteiger partial charge in [-0.25, -0.2) is 4.79 Å². The number of amides is 1. The average Bonchev–Trinajstić information content (AvgIpc) is 2.69. The predicted octanol–water partition coefficient (Wildman–Crippen LogP) is -0.223. The van der Waals surface area contributed by atoms with Gasteiger partial charge in [0.15, 0.2) is 0 Å². The number of nitrogens with zero attached hydrogens (tertiary/aromatic N) is 2. The summed E-state index contributed by atoms with van der Waals surface area (Å²) < 4.78 is 1.50. The number of aliphatic carboxylic acids is 1. The Bertz CT molecular complexity index is 441. The number of hydrogen-bond acceptors (Lipinski definition) is 4. The van der Waals surface area contributed by atoms with E-state index in [-0.39, 0.29) is 13.0 Å². The van der Waals surface area contributed by atoms with Crippen LogP contribution in [0.4, 0.5) is 0 Å². The maximum atomic E-state index is 11.9. The second-order valence-electron chi connectivity index (χ2n) is 3.86. The number of carbonyl (C=O) groups is 2. The number of hydrogen-bond donors (Lipinski definition) is 3. The fraction of sp³-hybridized carbons (Fsp3) is 0.545. The van der Waals surface area contributed by atoms with Crippen LogP contribution in [0.15, 0.2) is 6.07 Å². The van der Waals surface area contributed by atoms with Gasteiger partial charge in [-0.05, 0) is 19.9 Å². The fourth-order valence-corrected chi connectivity index (χ4v) is 1.59. The van der Waals surface area contributed by atoms with E-state index < -0.39 is 17.9 Å². The van der Waals surface area contributed by atoms with E-state index in [4.69, 9.17) is 10.2 Å². The molecule has 0 spiro atoms. The zero-order valence-corrected chi connectivity index (χ0v) is 10.4. The number of aliphatic hydroxyl groups is 1. The molecule has 3 N–H and O–H groups in total. The van der Waals surface area contributed by atoms with Crippen molar-refractivity contribution in [2.45, 2.75) is 32.9 Å². The number of aryl methyl sites for hydroxylation is 2. The van der Waals surface area contributed by atoms with Gasteiger partial charge in [0.25, 0.3) is 5.91 Å². The molecule has 0 aromatic carbocycles. The molecule has 1 aromatic heterocycles. The Hall–Kier alpha value is -1.89. The molecule has 0 bridgehead atoms. The average molecular weight is 255 g/mol. The van der Waals surface area contributed by atoms with Crippen LogP contribution in [-0.4, -0.2) is 44.5 Å². The summed E-state index contributed by atoms with van der Waals surface area (Å²) in [5.74, 6) is -1.67. The van der Waals surface area contributed by atoms with E-state index in [0.717, 1.165) is 0 Å². The van der Waals surface area contributed by atoms with Crippen LogP contribution in [0, 0.1) is 6.92 Å². The van der Waals surface area contributed by atoms with Gasteiger partial charge in [-0.1, -0.05) is 0 Å². The maximum absolute atomic E-state index is 11.9. The molecule has 0 fully saturated rings. The zero-order chi connectivity index (χ0) is 13.7. The summed E-state index contributed by atoms with van der Waals surface area (Å²) >= 11 is 0. The van der Waals surface area contributed by atoms with E-state index in [9.17, 15) is 9.59 Å². The lowest BCUT2D eigenvalue weighted by Crippen LogP contribution is -2.42. The van der Waals surface area contributed by atoms with Gasteiger partial charge in [-0.3, -0.25) is 9.48 Å². The first-order valence-electron chi connectivity index (χ1n) is 5.68. The van der Waals surface area contributed by atoms with Crippen LogP contribution in [0.25, 0.3) is 0 Å². The first-order chi connectivity index (χ1) is 8.49. The van der Waals surface area contributed by atoms with Crippen molar-refractivity contribution in [1.82, 2.24) is 15.1 Å². The van der Waals surface area contributed by atoms with E-state index in [2.05, 4.69) is 10.4 Å². The molecule has 0 radical (unpaired) electrons. The molecule has 0 saturated heterocycles. The lowest BCUT2D eigenvalue weighted by molar-refractivity contribution is -0.139. The highest BCUT2D eigenvalue weighted by Crippen LogP contribution is 2.05. The Morgan fingerprint density at radius 3 is 2.72 bits per heavy atom. The van der Waals surface area contributed by atoms with Crippen LogP contribution in [0.2, 0.25) is 0 Å². The van der Waals surface area contributed by atoms with Gasteiger partial charge >= 0.3 is 5.97 Å². The Labute approximate surface area is 104 Å². The van der Waals surface area contributed by atoms with Crippen LogP contribution in [0.1, 0.15) is 29.5 Å². The molecule has 1 aromatic rings. The monoisotopic (exact) mass is 255 g/mol. The third kappa shape index (κ3) is 3.30. The van der Waals surface area contributed by atoms with Gasteiger partial charge < -0.3 is 15.5 Å². The highest BCUT2D eigenvalue weighted by atomic mass is 16.4. The molecule has 0 aliphatic heterocycles. The number of aliphatic hydroxyl groups excluding tert-OH is 1. The molecule has 1 atom stereocenters. The van der Waals surface area contributed by atoms with Crippen molar-refractivity contribution >= 4 is 11.9 Å². The molecule has 0 saturated carbocycles. The second kappa shape index (κ2) is 6.15. The Morgan fingerprint density at radius 1 is 1.56 bits per heavy atom. The lowest BCUT2D eigenvalue weighted by atomic mass is 10.2. The minimum absolute atomic E-state index is 0.0275. The molecule has 0 aliphatic carbocycles. The minimum Gasteiger partial charge on any atom is -0.480 e. The normalized spacial score (nSPS) is 12.2. The number of nitrogens with one attached hydrogen (secondary N) is 1. The van der Waals surface area contributed by atoms with E-state index in [1.54, 1.807) is 13.0 Å². The van der Waals surface area contributed by atoms with Crippen molar-refractivity contribution in [2.24, 2.45) is 0 Å². The number of rotatable bonds is 6. The van der Waals surface area contributed by atoms with Gasteiger partial charge in [-0.15, -0.1) is 0 Å². The number of aromatic nitrogens is 2. The van der Waals surface area contributed by atoms with Crippen molar-refractivity contribution in [3.8, 4) is 0 Å². The summed E-state index contributed by atoms with van der Waals surface area (Å²) in [6.07, 6.45) is -0.0275. The fourth-order valence-electron chi connectivity index (χ4n) is 1.59. The van der Waals surface area contributed by atoms with Crippen molar-refractivity contribution in [3.05, 3.63) is 17.5 Å². The van der Waals surface area contributed by atoms with E-state index >= 15 is 0 Å². The summed E-state index contributed by atoms with van der Waals surface area (Å²) in [5, 5.41) is 24.1. The predicted molar refractivity (Wildman–Crippen MR) is 63.2 cm³/mol. The van der Waals surface area contributed by atoms with E-state index in [1.165, 1.54) is 4.68 Å². The summed E-state index contributed by atoms with van der Waals surface area (Å²) in [6.45, 7) is 3.81. The minimum atomic E-state index is -1.17. The van der Waals surface area contributed by atoms with Crippen LogP contribution < -0.4 is 5.32 Å². The second-order valence-corrected chi connectivity index (χ2v) is 3.86. The van der Waals surface area contributed by atoms with E-state index in [1.807, 2.05) is 6.92 Å². The molecule has 100 valence electrons.